The predicted octanol–water partition coefficient (Wildman–Crippen LogP) is 2.86. The molecule has 0 aliphatic rings. The lowest BCUT2D eigenvalue weighted by atomic mass is 10.1. The fourth-order valence-corrected chi connectivity index (χ4v) is 3.37. The molecule has 2 aromatic carbocycles. The van der Waals surface area contributed by atoms with Crippen LogP contribution in [0.25, 0.3) is 0 Å². The summed E-state index contributed by atoms with van der Waals surface area (Å²) < 4.78 is 24.1. The number of anilines is 1. The minimum absolute atomic E-state index is 0.131. The van der Waals surface area contributed by atoms with Gasteiger partial charge in [0.05, 0.1) is 5.75 Å². The molecule has 0 bridgehead atoms. The fourth-order valence-electron chi connectivity index (χ4n) is 2.10. The highest BCUT2D eigenvalue weighted by atomic mass is 32.2. The molecule has 0 aromatic heterocycles. The molecule has 0 unspecified atom stereocenters. The molecule has 1 amide bonds. The van der Waals surface area contributed by atoms with E-state index in [0.717, 1.165) is 11.1 Å². The molecule has 116 valence electrons. The average molecular weight is 317 g/mol. The molecular weight excluding hydrogens is 298 g/mol. The lowest BCUT2D eigenvalue weighted by Gasteiger charge is -2.08. The number of nitrogens with one attached hydrogen (secondary N) is 1. The van der Waals surface area contributed by atoms with Crippen LogP contribution in [0.15, 0.2) is 48.5 Å². The number of rotatable bonds is 5. The molecule has 0 saturated carbocycles. The van der Waals surface area contributed by atoms with E-state index in [1.54, 1.807) is 30.3 Å². The molecule has 1 N–H and O–H groups in total. The van der Waals surface area contributed by atoms with Crippen LogP contribution in [0, 0.1) is 13.8 Å². The van der Waals surface area contributed by atoms with Crippen molar-refractivity contribution in [3.8, 4) is 0 Å². The summed E-state index contributed by atoms with van der Waals surface area (Å²) in [6.07, 6.45) is 0. The van der Waals surface area contributed by atoms with Crippen molar-refractivity contribution in [1.82, 2.24) is 0 Å². The highest BCUT2D eigenvalue weighted by molar-refractivity contribution is 7.91. The third-order valence-corrected chi connectivity index (χ3v) is 4.85. The lowest BCUT2D eigenvalue weighted by molar-refractivity contribution is -0.113. The van der Waals surface area contributed by atoms with Gasteiger partial charge >= 0.3 is 0 Å². The van der Waals surface area contributed by atoms with Crippen LogP contribution in [0.4, 0.5) is 5.69 Å². The van der Waals surface area contributed by atoms with E-state index in [1.165, 1.54) is 0 Å². The predicted molar refractivity (Wildman–Crippen MR) is 88.5 cm³/mol. The van der Waals surface area contributed by atoms with Gasteiger partial charge in [0.2, 0.25) is 5.91 Å². The maximum Gasteiger partial charge on any atom is 0.239 e. The average Bonchev–Trinajstić information content (AvgIpc) is 2.42. The van der Waals surface area contributed by atoms with Crippen molar-refractivity contribution in [1.29, 1.82) is 0 Å². The molecule has 2 aromatic rings. The van der Waals surface area contributed by atoms with Crippen LogP contribution in [0.1, 0.15) is 16.7 Å². The minimum atomic E-state index is -3.48. The number of benzene rings is 2. The smallest absolute Gasteiger partial charge is 0.239 e. The Kier molecular flexibility index (Phi) is 4.98. The van der Waals surface area contributed by atoms with E-state index < -0.39 is 21.5 Å². The van der Waals surface area contributed by atoms with Gasteiger partial charge in [0.25, 0.3) is 0 Å². The minimum Gasteiger partial charge on any atom is -0.325 e. The number of aryl methyl sites for hydroxylation is 2. The summed E-state index contributed by atoms with van der Waals surface area (Å²) in [5, 5.41) is 2.63. The summed E-state index contributed by atoms with van der Waals surface area (Å²) >= 11 is 0. The molecule has 0 spiro atoms. The first-order chi connectivity index (χ1) is 10.4. The number of amides is 1. The van der Waals surface area contributed by atoms with Crippen LogP contribution < -0.4 is 5.32 Å². The van der Waals surface area contributed by atoms with Crippen molar-refractivity contribution in [2.45, 2.75) is 19.6 Å². The lowest BCUT2D eigenvalue weighted by Crippen LogP contribution is -2.24. The highest BCUT2D eigenvalue weighted by Crippen LogP contribution is 2.14. The number of carbonyl (C=O) groups is 1. The van der Waals surface area contributed by atoms with Gasteiger partial charge in [-0.15, -0.1) is 0 Å². The fraction of sp³-hybridized carbons (Fsp3) is 0.235. The van der Waals surface area contributed by atoms with Gasteiger partial charge in [-0.1, -0.05) is 36.4 Å². The van der Waals surface area contributed by atoms with E-state index in [2.05, 4.69) is 5.32 Å². The van der Waals surface area contributed by atoms with Crippen LogP contribution in [0.3, 0.4) is 0 Å². The van der Waals surface area contributed by atoms with Crippen molar-refractivity contribution in [2.75, 3.05) is 11.1 Å². The van der Waals surface area contributed by atoms with E-state index >= 15 is 0 Å². The summed E-state index contributed by atoms with van der Waals surface area (Å²) in [4.78, 5) is 11.9. The third-order valence-electron chi connectivity index (χ3n) is 3.37. The second-order valence-electron chi connectivity index (χ2n) is 5.37. The topological polar surface area (TPSA) is 63.2 Å². The van der Waals surface area contributed by atoms with Gasteiger partial charge in [0, 0.05) is 5.69 Å². The standard InChI is InChI=1S/C17H19NO3S/c1-13-8-9-16(10-14(13)2)18-17(19)12-22(20,21)11-15-6-4-3-5-7-15/h3-10H,11-12H2,1-2H3,(H,18,19). The Morgan fingerprint density at radius 1 is 1.00 bits per heavy atom. The summed E-state index contributed by atoms with van der Waals surface area (Å²) in [6, 6.07) is 14.3. The van der Waals surface area contributed by atoms with Crippen LogP contribution in [-0.4, -0.2) is 20.1 Å². The van der Waals surface area contributed by atoms with E-state index in [1.807, 2.05) is 32.0 Å². The Balaban J connectivity index is 2.00. The largest absolute Gasteiger partial charge is 0.325 e. The van der Waals surface area contributed by atoms with E-state index in [4.69, 9.17) is 0 Å². The Morgan fingerprint density at radius 2 is 1.68 bits per heavy atom. The molecule has 22 heavy (non-hydrogen) atoms. The van der Waals surface area contributed by atoms with Crippen molar-refractivity contribution < 1.29 is 13.2 Å². The van der Waals surface area contributed by atoms with Crippen molar-refractivity contribution in [3.05, 3.63) is 65.2 Å². The van der Waals surface area contributed by atoms with Gasteiger partial charge in [0.15, 0.2) is 9.84 Å². The molecular formula is C17H19NO3S. The van der Waals surface area contributed by atoms with Crippen LogP contribution in [0.2, 0.25) is 0 Å². The highest BCUT2D eigenvalue weighted by Gasteiger charge is 2.17. The molecule has 0 saturated heterocycles. The molecule has 4 nitrogen and oxygen atoms in total. The van der Waals surface area contributed by atoms with Gasteiger partial charge in [-0.3, -0.25) is 4.79 Å². The third kappa shape index (κ3) is 4.70. The molecule has 0 atom stereocenters. The Bertz CT molecular complexity index is 768. The Morgan fingerprint density at radius 3 is 2.32 bits per heavy atom. The van der Waals surface area contributed by atoms with Crippen molar-refractivity contribution in [2.24, 2.45) is 0 Å². The van der Waals surface area contributed by atoms with E-state index in [-0.39, 0.29) is 5.75 Å². The summed E-state index contributed by atoms with van der Waals surface area (Å²) in [6.45, 7) is 3.92. The number of sulfone groups is 1. The second-order valence-corrected chi connectivity index (χ2v) is 7.43. The number of hydrogen-bond acceptors (Lipinski definition) is 3. The number of carbonyl (C=O) groups excluding carboxylic acids is 1. The van der Waals surface area contributed by atoms with Gasteiger partial charge in [-0.25, -0.2) is 8.42 Å². The second kappa shape index (κ2) is 6.75. The van der Waals surface area contributed by atoms with Gasteiger partial charge < -0.3 is 5.32 Å². The zero-order chi connectivity index (χ0) is 16.2. The molecule has 0 fully saturated rings. The van der Waals surface area contributed by atoms with E-state index in [0.29, 0.717) is 11.3 Å². The van der Waals surface area contributed by atoms with Crippen molar-refractivity contribution in [3.63, 3.8) is 0 Å². The van der Waals surface area contributed by atoms with Crippen molar-refractivity contribution >= 4 is 21.4 Å². The first kappa shape index (κ1) is 16.2. The molecule has 0 heterocycles. The van der Waals surface area contributed by atoms with Crippen LogP contribution >= 0.6 is 0 Å². The Labute approximate surface area is 131 Å². The molecule has 0 aliphatic heterocycles. The summed E-state index contributed by atoms with van der Waals surface area (Å²) in [7, 11) is -3.48. The summed E-state index contributed by atoms with van der Waals surface area (Å²) in [5.41, 5.74) is 3.46. The molecule has 0 aliphatic carbocycles. The van der Waals surface area contributed by atoms with Gasteiger partial charge in [-0.05, 0) is 42.7 Å². The monoisotopic (exact) mass is 317 g/mol. The Hall–Kier alpha value is -2.14. The molecule has 0 radical (unpaired) electrons. The van der Waals surface area contributed by atoms with Crippen LogP contribution in [-0.2, 0) is 20.4 Å². The number of hydrogen-bond donors (Lipinski definition) is 1. The zero-order valence-electron chi connectivity index (χ0n) is 12.7. The normalized spacial score (nSPS) is 11.2. The van der Waals surface area contributed by atoms with Crippen LogP contribution in [0.5, 0.6) is 0 Å². The maximum atomic E-state index is 12.1. The molecule has 2 rings (SSSR count). The van der Waals surface area contributed by atoms with Gasteiger partial charge in [0.1, 0.15) is 5.75 Å². The SMILES string of the molecule is Cc1ccc(NC(=O)CS(=O)(=O)Cc2ccccc2)cc1C. The van der Waals surface area contributed by atoms with E-state index in [9.17, 15) is 13.2 Å². The quantitative estimate of drug-likeness (QED) is 0.922. The maximum absolute atomic E-state index is 12.1. The van der Waals surface area contributed by atoms with Gasteiger partial charge in [-0.2, -0.15) is 0 Å². The first-order valence-corrected chi connectivity index (χ1v) is 8.79. The first-order valence-electron chi connectivity index (χ1n) is 6.97. The summed E-state index contributed by atoms with van der Waals surface area (Å²) in [5.74, 6) is -1.16. The zero-order valence-corrected chi connectivity index (χ0v) is 13.5. The molecule has 5 heteroatoms.